The van der Waals surface area contributed by atoms with Crippen molar-refractivity contribution in [2.75, 3.05) is 7.11 Å². The van der Waals surface area contributed by atoms with Crippen LogP contribution in [0.15, 0.2) is 23.8 Å². The third kappa shape index (κ3) is 3.65. The number of hydrogen-bond donors (Lipinski definition) is 0. The highest BCUT2D eigenvalue weighted by atomic mass is 19.4. The predicted octanol–water partition coefficient (Wildman–Crippen LogP) is 6.93. The molecule has 0 saturated carbocycles. The molecule has 156 valence electrons. The van der Waals surface area contributed by atoms with Crippen LogP contribution in [-0.2, 0) is 5.41 Å². The number of fused-ring (bicyclic) bond motifs is 3. The fourth-order valence-corrected chi connectivity index (χ4v) is 4.94. The van der Waals surface area contributed by atoms with Crippen LogP contribution in [0.4, 0.5) is 13.2 Å². The fraction of sp³-hybridized carbons (Fsp3) is 0.652. The Labute approximate surface area is 166 Å². The molecule has 0 saturated heterocycles. The van der Waals surface area contributed by atoms with Crippen LogP contribution in [0.5, 0.6) is 11.5 Å². The molecule has 0 amide bonds. The number of ether oxygens (including phenoxy) is 2. The molecule has 1 aliphatic carbocycles. The third-order valence-corrected chi connectivity index (χ3v) is 6.53. The van der Waals surface area contributed by atoms with E-state index in [0.717, 1.165) is 24.0 Å². The number of halogens is 3. The van der Waals surface area contributed by atoms with Gasteiger partial charge in [0.1, 0.15) is 17.1 Å². The van der Waals surface area contributed by atoms with Gasteiger partial charge >= 0.3 is 6.18 Å². The van der Waals surface area contributed by atoms with Crippen LogP contribution >= 0.6 is 0 Å². The number of rotatable bonds is 4. The Hall–Kier alpha value is -1.65. The molecule has 3 rings (SSSR count). The maximum Gasteiger partial charge on any atom is 0.412 e. The van der Waals surface area contributed by atoms with E-state index in [1.54, 1.807) is 7.11 Å². The molecule has 0 radical (unpaired) electrons. The lowest BCUT2D eigenvalue weighted by molar-refractivity contribution is -0.0993. The van der Waals surface area contributed by atoms with Crippen LogP contribution in [-0.4, -0.2) is 18.9 Å². The van der Waals surface area contributed by atoms with Gasteiger partial charge in [0, 0.05) is 23.0 Å². The third-order valence-electron chi connectivity index (χ3n) is 6.53. The topological polar surface area (TPSA) is 18.5 Å². The first-order valence-corrected chi connectivity index (χ1v) is 10.1. The molecule has 0 unspecified atom stereocenters. The Balaban J connectivity index is 2.13. The second kappa shape index (κ2) is 7.00. The summed E-state index contributed by atoms with van der Waals surface area (Å²) in [5.74, 6) is 1.03. The summed E-state index contributed by atoms with van der Waals surface area (Å²) >= 11 is 0. The Kier molecular flexibility index (Phi) is 5.26. The second-order valence-electron chi connectivity index (χ2n) is 9.31. The molecule has 5 heteroatoms. The molecule has 2 aliphatic rings. The van der Waals surface area contributed by atoms with E-state index < -0.39 is 17.4 Å². The quantitative estimate of drug-likeness (QED) is 0.514. The van der Waals surface area contributed by atoms with Crippen LogP contribution in [0, 0.1) is 5.92 Å². The molecule has 1 aromatic carbocycles. The van der Waals surface area contributed by atoms with Crippen molar-refractivity contribution < 1.29 is 22.6 Å². The number of methoxy groups -OCH3 is 1. The molecule has 28 heavy (non-hydrogen) atoms. The molecule has 0 bridgehead atoms. The zero-order chi connectivity index (χ0) is 20.9. The van der Waals surface area contributed by atoms with E-state index in [1.807, 2.05) is 26.0 Å². The van der Waals surface area contributed by atoms with Crippen molar-refractivity contribution in [2.24, 2.45) is 5.92 Å². The minimum absolute atomic E-state index is 0.0190. The molecule has 1 aliphatic heterocycles. The minimum atomic E-state index is -4.29. The zero-order valence-corrected chi connectivity index (χ0v) is 17.7. The largest absolute Gasteiger partial charge is 0.496 e. The summed E-state index contributed by atoms with van der Waals surface area (Å²) in [7, 11) is 1.59. The summed E-state index contributed by atoms with van der Waals surface area (Å²) in [6.07, 6.45) is -0.554. The van der Waals surface area contributed by atoms with E-state index in [-0.39, 0.29) is 23.7 Å². The maximum atomic E-state index is 13.4. The van der Waals surface area contributed by atoms with Gasteiger partial charge in [0.05, 0.1) is 7.11 Å². The van der Waals surface area contributed by atoms with Crippen molar-refractivity contribution in [1.82, 2.24) is 0 Å². The zero-order valence-electron chi connectivity index (χ0n) is 17.7. The highest BCUT2D eigenvalue weighted by Crippen LogP contribution is 2.56. The predicted molar refractivity (Wildman–Crippen MR) is 105 cm³/mol. The van der Waals surface area contributed by atoms with Crippen molar-refractivity contribution in [2.45, 2.75) is 83.4 Å². The average Bonchev–Trinajstić information content (AvgIpc) is 2.59. The van der Waals surface area contributed by atoms with Gasteiger partial charge in [0.2, 0.25) is 0 Å². The second-order valence-corrected chi connectivity index (χ2v) is 9.31. The number of benzene rings is 1. The van der Waals surface area contributed by atoms with Gasteiger partial charge in [-0.1, -0.05) is 33.3 Å². The van der Waals surface area contributed by atoms with Crippen LogP contribution < -0.4 is 9.47 Å². The lowest BCUT2D eigenvalue weighted by Gasteiger charge is -2.47. The standard InChI is InChI=1S/C23H31F3O2/c1-7-10-21(2,3)15-12-18(27-6)20-16-11-14(23(24,25)26)8-9-17(16)22(4,5)28-19(20)13-15/h8,12-13,16-17H,7,9-11H2,1-6H3/t16-,17-/m1/s1. The smallest absolute Gasteiger partial charge is 0.412 e. The monoisotopic (exact) mass is 396 g/mol. The van der Waals surface area contributed by atoms with Crippen molar-refractivity contribution >= 4 is 0 Å². The molecule has 0 N–H and O–H groups in total. The van der Waals surface area contributed by atoms with Crippen LogP contribution in [0.2, 0.25) is 0 Å². The Morgan fingerprint density at radius 1 is 1.21 bits per heavy atom. The lowest BCUT2D eigenvalue weighted by atomic mass is 9.66. The molecule has 0 spiro atoms. The first-order chi connectivity index (χ1) is 12.9. The SMILES string of the molecule is CCCC(C)(C)c1cc(OC)c2c(c1)OC(C)(C)[C@@H]1CC=C(C(F)(F)F)C[C@@H]21. The summed E-state index contributed by atoms with van der Waals surface area (Å²) in [5.41, 5.74) is 0.851. The Morgan fingerprint density at radius 2 is 1.89 bits per heavy atom. The van der Waals surface area contributed by atoms with Crippen molar-refractivity contribution in [3.63, 3.8) is 0 Å². The first kappa shape index (κ1) is 21.1. The molecule has 1 aromatic rings. The maximum absolute atomic E-state index is 13.4. The Bertz CT molecular complexity index is 775. The number of allylic oxidation sites excluding steroid dienone is 2. The van der Waals surface area contributed by atoms with Crippen LogP contribution in [0.1, 0.15) is 77.3 Å². The van der Waals surface area contributed by atoms with E-state index in [1.165, 1.54) is 6.08 Å². The fourth-order valence-electron chi connectivity index (χ4n) is 4.94. The molecule has 2 atom stereocenters. The van der Waals surface area contributed by atoms with Crippen LogP contribution in [0.25, 0.3) is 0 Å². The van der Waals surface area contributed by atoms with E-state index in [9.17, 15) is 13.2 Å². The van der Waals surface area contributed by atoms with E-state index >= 15 is 0 Å². The van der Waals surface area contributed by atoms with Crippen LogP contribution in [0.3, 0.4) is 0 Å². The number of alkyl halides is 3. The molecule has 0 aromatic heterocycles. The summed E-state index contributed by atoms with van der Waals surface area (Å²) < 4.78 is 52.3. The highest BCUT2D eigenvalue weighted by Gasteiger charge is 2.49. The normalized spacial score (nSPS) is 24.0. The lowest BCUT2D eigenvalue weighted by Crippen LogP contribution is -2.46. The van der Waals surface area contributed by atoms with Crippen molar-refractivity contribution in [3.8, 4) is 11.5 Å². The van der Waals surface area contributed by atoms with Crippen molar-refractivity contribution in [3.05, 3.63) is 34.9 Å². The van der Waals surface area contributed by atoms with Gasteiger partial charge in [0.25, 0.3) is 0 Å². The van der Waals surface area contributed by atoms with Gasteiger partial charge in [-0.05, 0) is 56.2 Å². The average molecular weight is 396 g/mol. The van der Waals surface area contributed by atoms with E-state index in [0.29, 0.717) is 17.9 Å². The van der Waals surface area contributed by atoms with E-state index in [4.69, 9.17) is 9.47 Å². The first-order valence-electron chi connectivity index (χ1n) is 10.1. The minimum Gasteiger partial charge on any atom is -0.496 e. The van der Waals surface area contributed by atoms with Gasteiger partial charge in [-0.2, -0.15) is 13.2 Å². The Morgan fingerprint density at radius 3 is 2.46 bits per heavy atom. The van der Waals surface area contributed by atoms with Gasteiger partial charge in [-0.15, -0.1) is 0 Å². The van der Waals surface area contributed by atoms with Gasteiger partial charge in [-0.25, -0.2) is 0 Å². The highest BCUT2D eigenvalue weighted by molar-refractivity contribution is 5.54. The number of hydrogen-bond acceptors (Lipinski definition) is 2. The molecule has 0 fully saturated rings. The summed E-state index contributed by atoms with van der Waals surface area (Å²) in [6.45, 7) is 10.5. The van der Waals surface area contributed by atoms with Gasteiger partial charge < -0.3 is 9.47 Å². The molecular weight excluding hydrogens is 365 g/mol. The van der Waals surface area contributed by atoms with Gasteiger partial charge in [0.15, 0.2) is 0 Å². The summed E-state index contributed by atoms with van der Waals surface area (Å²) in [5, 5.41) is 0. The summed E-state index contributed by atoms with van der Waals surface area (Å²) in [4.78, 5) is 0. The summed E-state index contributed by atoms with van der Waals surface area (Å²) in [6, 6.07) is 4.02. The van der Waals surface area contributed by atoms with E-state index in [2.05, 4.69) is 20.8 Å². The van der Waals surface area contributed by atoms with Crippen molar-refractivity contribution in [1.29, 1.82) is 0 Å². The molecule has 2 nitrogen and oxygen atoms in total. The molecular formula is C23H31F3O2. The van der Waals surface area contributed by atoms with Gasteiger partial charge in [-0.3, -0.25) is 0 Å². The molecule has 1 heterocycles.